The predicted molar refractivity (Wildman–Crippen MR) is 112 cm³/mol. The molecule has 0 saturated carbocycles. The molecule has 5 nitrogen and oxygen atoms in total. The highest BCUT2D eigenvalue weighted by Crippen LogP contribution is 2.34. The van der Waals surface area contributed by atoms with Crippen molar-refractivity contribution < 1.29 is 9.59 Å². The van der Waals surface area contributed by atoms with Crippen LogP contribution in [0.4, 0.5) is 0 Å². The fourth-order valence-electron chi connectivity index (χ4n) is 5.09. The van der Waals surface area contributed by atoms with Gasteiger partial charge in [-0.1, -0.05) is 36.4 Å². The van der Waals surface area contributed by atoms with Crippen LogP contribution >= 0.6 is 0 Å². The Bertz CT molecular complexity index is 898. The number of carbonyl (C=O) groups is 2. The number of piperazine rings is 1. The average Bonchev–Trinajstić information content (AvgIpc) is 3.02. The quantitative estimate of drug-likeness (QED) is 0.754. The van der Waals surface area contributed by atoms with Crippen LogP contribution in [0.2, 0.25) is 0 Å². The minimum Gasteiger partial charge on any atom is -0.299 e. The van der Waals surface area contributed by atoms with Crippen LogP contribution in [0.3, 0.4) is 0 Å². The zero-order chi connectivity index (χ0) is 19.8. The first-order valence-corrected chi connectivity index (χ1v) is 10.7. The number of rotatable bonds is 4. The lowest BCUT2D eigenvalue weighted by atomic mass is 9.86. The lowest BCUT2D eigenvalue weighted by Gasteiger charge is -2.41. The average molecular weight is 389 g/mol. The Morgan fingerprint density at radius 2 is 1.45 bits per heavy atom. The van der Waals surface area contributed by atoms with Gasteiger partial charge in [0, 0.05) is 45.3 Å². The molecule has 0 radical (unpaired) electrons. The van der Waals surface area contributed by atoms with Crippen molar-refractivity contribution in [2.24, 2.45) is 0 Å². The Kier molecular flexibility index (Phi) is 4.94. The van der Waals surface area contributed by atoms with Gasteiger partial charge in [-0.2, -0.15) is 0 Å². The van der Waals surface area contributed by atoms with E-state index in [0.29, 0.717) is 23.7 Å². The number of nitrogens with zero attached hydrogens (tertiary/aromatic N) is 3. The predicted octanol–water partition coefficient (Wildman–Crippen LogP) is 2.98. The molecule has 5 rings (SSSR count). The van der Waals surface area contributed by atoms with Crippen LogP contribution in [0.1, 0.15) is 50.7 Å². The summed E-state index contributed by atoms with van der Waals surface area (Å²) in [6, 6.07) is 16.6. The molecule has 0 unspecified atom stereocenters. The molecule has 0 bridgehead atoms. The van der Waals surface area contributed by atoms with Gasteiger partial charge < -0.3 is 0 Å². The first-order valence-electron chi connectivity index (χ1n) is 10.7. The van der Waals surface area contributed by atoms with Crippen molar-refractivity contribution in [2.75, 3.05) is 39.3 Å². The van der Waals surface area contributed by atoms with Crippen LogP contribution in [0.5, 0.6) is 0 Å². The molecule has 3 aliphatic rings. The van der Waals surface area contributed by atoms with Gasteiger partial charge >= 0.3 is 0 Å². The van der Waals surface area contributed by atoms with E-state index in [2.05, 4.69) is 34.1 Å². The van der Waals surface area contributed by atoms with Gasteiger partial charge in [0.2, 0.25) is 0 Å². The molecule has 0 N–H and O–H groups in total. The number of imide groups is 1. The maximum absolute atomic E-state index is 12.5. The zero-order valence-electron chi connectivity index (χ0n) is 16.7. The summed E-state index contributed by atoms with van der Waals surface area (Å²) < 4.78 is 0. The van der Waals surface area contributed by atoms with Crippen LogP contribution in [0.25, 0.3) is 0 Å². The van der Waals surface area contributed by atoms with Gasteiger partial charge in [-0.15, -0.1) is 0 Å². The third-order valence-corrected chi connectivity index (χ3v) is 6.70. The lowest BCUT2D eigenvalue weighted by molar-refractivity contribution is 0.0583. The van der Waals surface area contributed by atoms with E-state index in [1.807, 2.05) is 12.1 Å². The second-order valence-corrected chi connectivity index (χ2v) is 8.29. The van der Waals surface area contributed by atoms with Crippen molar-refractivity contribution >= 4 is 11.8 Å². The van der Waals surface area contributed by atoms with Gasteiger partial charge in [-0.25, -0.2) is 0 Å². The zero-order valence-corrected chi connectivity index (χ0v) is 16.7. The molecule has 2 amide bonds. The topological polar surface area (TPSA) is 43.9 Å². The monoisotopic (exact) mass is 389 g/mol. The second-order valence-electron chi connectivity index (χ2n) is 8.29. The molecule has 2 heterocycles. The van der Waals surface area contributed by atoms with Crippen LogP contribution in [-0.4, -0.2) is 65.8 Å². The van der Waals surface area contributed by atoms with E-state index in [9.17, 15) is 9.59 Å². The fraction of sp³-hybridized carbons (Fsp3) is 0.417. The van der Waals surface area contributed by atoms with Gasteiger partial charge in [0.05, 0.1) is 11.1 Å². The van der Waals surface area contributed by atoms with Crippen molar-refractivity contribution in [3.05, 3.63) is 70.8 Å². The molecule has 0 aromatic heterocycles. The maximum Gasteiger partial charge on any atom is 0.261 e. The number of benzene rings is 2. The number of fused-ring (bicyclic) bond motifs is 2. The molecule has 29 heavy (non-hydrogen) atoms. The molecule has 1 fully saturated rings. The van der Waals surface area contributed by atoms with E-state index in [1.54, 1.807) is 12.1 Å². The number of hydrogen-bond acceptors (Lipinski definition) is 4. The summed E-state index contributed by atoms with van der Waals surface area (Å²) in [4.78, 5) is 31.5. The van der Waals surface area contributed by atoms with Gasteiger partial charge in [-0.3, -0.25) is 24.3 Å². The van der Waals surface area contributed by atoms with Crippen LogP contribution < -0.4 is 0 Å². The number of aryl methyl sites for hydroxylation is 1. The van der Waals surface area contributed by atoms with Gasteiger partial charge in [0.25, 0.3) is 11.8 Å². The Morgan fingerprint density at radius 1 is 0.793 bits per heavy atom. The summed E-state index contributed by atoms with van der Waals surface area (Å²) in [5.74, 6) is -0.300. The van der Waals surface area contributed by atoms with Crippen molar-refractivity contribution in [3.8, 4) is 0 Å². The molecular weight excluding hydrogens is 362 g/mol. The van der Waals surface area contributed by atoms with E-state index in [1.165, 1.54) is 35.3 Å². The highest BCUT2D eigenvalue weighted by molar-refractivity contribution is 6.21. The SMILES string of the molecule is O=C1c2ccccc2C(=O)N1CCN1CCN([C@@H]2CCCc3ccccc32)CC1. The molecule has 5 heteroatoms. The van der Waals surface area contributed by atoms with Crippen molar-refractivity contribution in [3.63, 3.8) is 0 Å². The summed E-state index contributed by atoms with van der Waals surface area (Å²) in [5.41, 5.74) is 4.10. The molecule has 2 aliphatic heterocycles. The highest BCUT2D eigenvalue weighted by atomic mass is 16.2. The minimum atomic E-state index is -0.150. The summed E-state index contributed by atoms with van der Waals surface area (Å²) >= 11 is 0. The van der Waals surface area contributed by atoms with Crippen molar-refractivity contribution in [1.82, 2.24) is 14.7 Å². The molecule has 2 aromatic carbocycles. The molecule has 2 aromatic rings. The van der Waals surface area contributed by atoms with Gasteiger partial charge in [0.1, 0.15) is 0 Å². The largest absolute Gasteiger partial charge is 0.299 e. The first kappa shape index (κ1) is 18.5. The molecular formula is C24H27N3O2. The third kappa shape index (κ3) is 3.38. The summed E-state index contributed by atoms with van der Waals surface area (Å²) in [5, 5.41) is 0. The van der Waals surface area contributed by atoms with Gasteiger partial charge in [-0.05, 0) is 42.5 Å². The standard InChI is InChI=1S/C24H27N3O2/c28-23-20-9-3-4-10-21(20)24(29)27(23)17-14-25-12-15-26(16-13-25)22-11-5-7-18-6-1-2-8-19(18)22/h1-4,6,8-10,22H,5,7,11-17H2/t22-/m1/s1. The summed E-state index contributed by atoms with van der Waals surface area (Å²) in [6.45, 7) is 5.28. The number of hydrogen-bond donors (Lipinski definition) is 0. The van der Waals surface area contributed by atoms with Gasteiger partial charge in [0.15, 0.2) is 0 Å². The van der Waals surface area contributed by atoms with E-state index < -0.39 is 0 Å². The Hall–Kier alpha value is -2.50. The van der Waals surface area contributed by atoms with E-state index in [-0.39, 0.29) is 11.8 Å². The summed E-state index contributed by atoms with van der Waals surface area (Å²) in [7, 11) is 0. The Balaban J connectivity index is 1.17. The number of carbonyl (C=O) groups excluding carboxylic acids is 2. The highest BCUT2D eigenvalue weighted by Gasteiger charge is 2.35. The smallest absolute Gasteiger partial charge is 0.261 e. The van der Waals surface area contributed by atoms with E-state index >= 15 is 0 Å². The first-order chi connectivity index (χ1) is 14.2. The van der Waals surface area contributed by atoms with Crippen LogP contribution in [0, 0.1) is 0 Å². The maximum atomic E-state index is 12.5. The fourth-order valence-corrected chi connectivity index (χ4v) is 5.09. The van der Waals surface area contributed by atoms with Crippen molar-refractivity contribution in [2.45, 2.75) is 25.3 Å². The molecule has 1 atom stereocenters. The normalized spacial score (nSPS) is 22.6. The molecule has 150 valence electrons. The van der Waals surface area contributed by atoms with Crippen molar-refractivity contribution in [1.29, 1.82) is 0 Å². The molecule has 0 spiro atoms. The van der Waals surface area contributed by atoms with E-state index in [4.69, 9.17) is 0 Å². The molecule has 1 saturated heterocycles. The minimum absolute atomic E-state index is 0.150. The summed E-state index contributed by atoms with van der Waals surface area (Å²) in [6.07, 6.45) is 3.71. The molecule has 1 aliphatic carbocycles. The van der Waals surface area contributed by atoms with Crippen LogP contribution in [-0.2, 0) is 6.42 Å². The Labute approximate surface area is 171 Å². The second kappa shape index (κ2) is 7.73. The third-order valence-electron chi connectivity index (χ3n) is 6.70. The van der Waals surface area contributed by atoms with E-state index in [0.717, 1.165) is 32.7 Å². The Morgan fingerprint density at radius 3 is 2.17 bits per heavy atom. The lowest BCUT2D eigenvalue weighted by Crippen LogP contribution is -2.50. The number of amides is 2. The van der Waals surface area contributed by atoms with Crippen LogP contribution in [0.15, 0.2) is 48.5 Å².